The summed E-state index contributed by atoms with van der Waals surface area (Å²) in [5, 5.41) is 8.64. The van der Waals surface area contributed by atoms with Crippen LogP contribution in [0.2, 0.25) is 0 Å². The van der Waals surface area contributed by atoms with Gasteiger partial charge in [-0.3, -0.25) is 14.2 Å². The zero-order valence-corrected chi connectivity index (χ0v) is 16.7. The van der Waals surface area contributed by atoms with E-state index in [4.69, 9.17) is 4.74 Å². The molecule has 0 radical (unpaired) electrons. The summed E-state index contributed by atoms with van der Waals surface area (Å²) in [6.45, 7) is 0.302. The van der Waals surface area contributed by atoms with E-state index >= 15 is 0 Å². The second-order valence-corrected chi connectivity index (χ2v) is 7.50. The highest BCUT2D eigenvalue weighted by Crippen LogP contribution is 2.17. The predicted octanol–water partition coefficient (Wildman–Crippen LogP) is 2.04. The first-order chi connectivity index (χ1) is 15.1. The van der Waals surface area contributed by atoms with E-state index in [9.17, 15) is 14.4 Å². The number of aryl methyl sites for hydroxylation is 1. The molecule has 0 saturated carbocycles. The second-order valence-electron chi connectivity index (χ2n) is 7.50. The van der Waals surface area contributed by atoms with E-state index in [0.717, 1.165) is 36.2 Å². The standard InChI is InChI=1S/C22H19N5O4/c28-20-16-10-9-14(12-18(16)23-19-8-2-1-5-11-26(19)20)22(30)31-13-27-21(29)15-6-3-4-7-17(15)24-25-27/h3-4,6-7,9-10,12H,1-2,5,8,11,13H2. The molecule has 0 aliphatic carbocycles. The molecule has 0 saturated heterocycles. The number of ether oxygens (including phenoxy) is 1. The van der Waals surface area contributed by atoms with E-state index in [-0.39, 0.29) is 17.9 Å². The molecule has 9 heteroatoms. The quantitative estimate of drug-likeness (QED) is 0.469. The summed E-state index contributed by atoms with van der Waals surface area (Å²) in [4.78, 5) is 42.5. The lowest BCUT2D eigenvalue weighted by Gasteiger charge is -2.11. The molecule has 0 bridgehead atoms. The number of fused-ring (bicyclic) bond motifs is 3. The third-order valence-corrected chi connectivity index (χ3v) is 5.50. The third kappa shape index (κ3) is 3.48. The second kappa shape index (κ2) is 7.75. The van der Waals surface area contributed by atoms with Crippen LogP contribution in [-0.4, -0.2) is 30.5 Å². The predicted molar refractivity (Wildman–Crippen MR) is 113 cm³/mol. The minimum Gasteiger partial charge on any atom is -0.439 e. The summed E-state index contributed by atoms with van der Waals surface area (Å²) >= 11 is 0. The van der Waals surface area contributed by atoms with Gasteiger partial charge >= 0.3 is 5.97 Å². The lowest BCUT2D eigenvalue weighted by molar-refractivity contribution is 0.0336. The van der Waals surface area contributed by atoms with Crippen molar-refractivity contribution in [2.75, 3.05) is 0 Å². The van der Waals surface area contributed by atoms with E-state index in [1.165, 1.54) is 6.07 Å². The highest BCUT2D eigenvalue weighted by molar-refractivity contribution is 5.94. The summed E-state index contributed by atoms with van der Waals surface area (Å²) in [6, 6.07) is 11.5. The molecule has 1 aliphatic rings. The maximum atomic E-state index is 12.8. The first kappa shape index (κ1) is 19.1. The molecular weight excluding hydrogens is 398 g/mol. The van der Waals surface area contributed by atoms with Crippen LogP contribution in [0.1, 0.15) is 35.4 Å². The number of hydrogen-bond acceptors (Lipinski definition) is 7. The maximum absolute atomic E-state index is 12.8. The van der Waals surface area contributed by atoms with Gasteiger partial charge in [0.2, 0.25) is 0 Å². The van der Waals surface area contributed by atoms with E-state index < -0.39 is 11.5 Å². The molecule has 156 valence electrons. The lowest BCUT2D eigenvalue weighted by Crippen LogP contribution is -2.26. The van der Waals surface area contributed by atoms with Gasteiger partial charge in [0.15, 0.2) is 6.73 Å². The van der Waals surface area contributed by atoms with Crippen molar-refractivity contribution in [3.63, 3.8) is 0 Å². The molecule has 0 spiro atoms. The molecule has 3 heterocycles. The largest absolute Gasteiger partial charge is 0.439 e. The molecule has 5 rings (SSSR count). The van der Waals surface area contributed by atoms with Gasteiger partial charge in [0, 0.05) is 13.0 Å². The van der Waals surface area contributed by atoms with E-state index in [1.807, 2.05) is 0 Å². The number of esters is 1. The van der Waals surface area contributed by atoms with Crippen molar-refractivity contribution in [1.82, 2.24) is 24.5 Å². The Morgan fingerprint density at radius 1 is 0.968 bits per heavy atom. The van der Waals surface area contributed by atoms with Crippen LogP contribution in [0.15, 0.2) is 52.1 Å². The molecule has 9 nitrogen and oxygen atoms in total. The van der Waals surface area contributed by atoms with Crippen LogP contribution in [0.5, 0.6) is 0 Å². The smallest absolute Gasteiger partial charge is 0.339 e. The summed E-state index contributed by atoms with van der Waals surface area (Å²) in [7, 11) is 0. The number of nitrogens with zero attached hydrogens (tertiary/aromatic N) is 5. The highest BCUT2D eigenvalue weighted by atomic mass is 16.5. The Morgan fingerprint density at radius 3 is 2.71 bits per heavy atom. The average molecular weight is 417 g/mol. The van der Waals surface area contributed by atoms with Gasteiger partial charge in [-0.2, -0.15) is 4.68 Å². The van der Waals surface area contributed by atoms with Gasteiger partial charge < -0.3 is 4.74 Å². The third-order valence-electron chi connectivity index (χ3n) is 5.50. The molecule has 31 heavy (non-hydrogen) atoms. The minimum absolute atomic E-state index is 0.0835. The number of rotatable bonds is 3. The van der Waals surface area contributed by atoms with Crippen LogP contribution in [0.25, 0.3) is 21.8 Å². The molecule has 0 fully saturated rings. The lowest BCUT2D eigenvalue weighted by atomic mass is 10.1. The molecule has 0 unspecified atom stereocenters. The van der Waals surface area contributed by atoms with Gasteiger partial charge in [-0.1, -0.05) is 23.8 Å². The Bertz CT molecular complexity index is 1440. The monoisotopic (exact) mass is 417 g/mol. The van der Waals surface area contributed by atoms with E-state index in [0.29, 0.717) is 28.4 Å². The van der Waals surface area contributed by atoms with Crippen molar-refractivity contribution >= 4 is 27.8 Å². The summed E-state index contributed by atoms with van der Waals surface area (Å²) < 4.78 is 7.99. The fourth-order valence-electron chi connectivity index (χ4n) is 3.86. The van der Waals surface area contributed by atoms with Crippen molar-refractivity contribution in [3.05, 3.63) is 74.6 Å². The maximum Gasteiger partial charge on any atom is 0.339 e. The number of carbonyl (C=O) groups excluding carboxylic acids is 1. The van der Waals surface area contributed by atoms with Gasteiger partial charge in [0.25, 0.3) is 11.1 Å². The first-order valence-corrected chi connectivity index (χ1v) is 10.1. The van der Waals surface area contributed by atoms with Crippen molar-refractivity contribution in [2.24, 2.45) is 0 Å². The SMILES string of the molecule is O=C(OCn1nnc2ccccc2c1=O)c1ccc2c(=O)n3c(nc2c1)CCCCC3. The minimum atomic E-state index is -0.638. The Balaban J connectivity index is 1.42. The Hall–Kier alpha value is -3.88. The number of benzene rings is 2. The molecule has 0 N–H and O–H groups in total. The van der Waals surface area contributed by atoms with Gasteiger partial charge in [-0.25, -0.2) is 9.78 Å². The fourth-order valence-corrected chi connectivity index (χ4v) is 3.86. The van der Waals surface area contributed by atoms with Crippen molar-refractivity contribution in [3.8, 4) is 0 Å². The van der Waals surface area contributed by atoms with E-state index in [1.54, 1.807) is 41.0 Å². The van der Waals surface area contributed by atoms with Gasteiger partial charge in [0.05, 0.1) is 21.9 Å². The summed E-state index contributed by atoms with van der Waals surface area (Å²) in [5.41, 5.74) is 0.713. The van der Waals surface area contributed by atoms with Crippen LogP contribution >= 0.6 is 0 Å². The molecule has 4 aromatic rings. The van der Waals surface area contributed by atoms with Crippen LogP contribution in [0.4, 0.5) is 0 Å². The summed E-state index contributed by atoms with van der Waals surface area (Å²) in [6.07, 6.45) is 3.75. The molecule has 0 atom stereocenters. The molecule has 2 aromatic carbocycles. The number of aromatic nitrogens is 5. The Labute approximate surface area is 175 Å². The molecule has 2 aromatic heterocycles. The molecule has 1 aliphatic heterocycles. The van der Waals surface area contributed by atoms with Crippen molar-refractivity contribution in [1.29, 1.82) is 0 Å². The zero-order valence-electron chi connectivity index (χ0n) is 16.7. The number of hydrogen-bond donors (Lipinski definition) is 0. The van der Waals surface area contributed by atoms with Crippen LogP contribution in [0, 0.1) is 0 Å². The Kier molecular flexibility index (Phi) is 4.78. The normalized spacial score (nSPS) is 13.7. The topological polar surface area (TPSA) is 109 Å². The van der Waals surface area contributed by atoms with Crippen LogP contribution in [0.3, 0.4) is 0 Å². The van der Waals surface area contributed by atoms with Crippen LogP contribution < -0.4 is 11.1 Å². The van der Waals surface area contributed by atoms with Gasteiger partial charge in [0.1, 0.15) is 11.3 Å². The Morgan fingerprint density at radius 2 is 1.81 bits per heavy atom. The van der Waals surface area contributed by atoms with Crippen LogP contribution in [-0.2, 0) is 24.4 Å². The van der Waals surface area contributed by atoms with Crippen molar-refractivity contribution in [2.45, 2.75) is 39.0 Å². The summed E-state index contributed by atoms with van der Waals surface area (Å²) in [5.74, 6) is 0.110. The van der Waals surface area contributed by atoms with Gasteiger partial charge in [-0.05, 0) is 43.2 Å². The molecular formula is C22H19N5O4. The van der Waals surface area contributed by atoms with E-state index in [2.05, 4.69) is 15.3 Å². The molecule has 0 amide bonds. The van der Waals surface area contributed by atoms with Gasteiger partial charge in [-0.15, -0.1) is 5.10 Å². The average Bonchev–Trinajstić information content (AvgIpc) is 3.04. The fraction of sp³-hybridized carbons (Fsp3) is 0.273. The zero-order chi connectivity index (χ0) is 21.4. The highest BCUT2D eigenvalue weighted by Gasteiger charge is 2.16. The first-order valence-electron chi connectivity index (χ1n) is 10.1. The van der Waals surface area contributed by atoms with Crippen molar-refractivity contribution < 1.29 is 9.53 Å². The number of carbonyl (C=O) groups is 1.